The normalized spacial score (nSPS) is 12.7. The van der Waals surface area contributed by atoms with Crippen LogP contribution >= 0.6 is 0 Å². The number of rotatable bonds is 5. The topological polar surface area (TPSA) is 29.1 Å². The molecule has 1 atom stereocenters. The standard InChI is InChI=1S/C11H16FNOS/c1-9-7-11(12)4-3-10(9)8-13-5-6-15(2)14/h3-4,7,13H,5-6,8H2,1-2H3. The van der Waals surface area contributed by atoms with E-state index in [1.165, 1.54) is 12.1 Å². The maximum atomic E-state index is 12.8. The first-order chi connectivity index (χ1) is 7.09. The summed E-state index contributed by atoms with van der Waals surface area (Å²) in [5.41, 5.74) is 2.03. The van der Waals surface area contributed by atoms with Crippen LogP contribution < -0.4 is 5.32 Å². The third kappa shape index (κ3) is 4.53. The Morgan fingerprint density at radius 1 is 1.47 bits per heavy atom. The minimum Gasteiger partial charge on any atom is -0.312 e. The van der Waals surface area contributed by atoms with Crippen LogP contribution in [0.1, 0.15) is 11.1 Å². The number of nitrogens with one attached hydrogen (secondary N) is 1. The van der Waals surface area contributed by atoms with Crippen LogP contribution in [0, 0.1) is 12.7 Å². The van der Waals surface area contributed by atoms with Gasteiger partial charge in [0.05, 0.1) is 0 Å². The molecule has 1 aromatic carbocycles. The zero-order chi connectivity index (χ0) is 11.3. The van der Waals surface area contributed by atoms with E-state index in [2.05, 4.69) is 5.32 Å². The Hall–Kier alpha value is -0.740. The molecule has 1 rings (SSSR count). The highest BCUT2D eigenvalue weighted by molar-refractivity contribution is 7.84. The van der Waals surface area contributed by atoms with Crippen LogP contribution in [0.25, 0.3) is 0 Å². The van der Waals surface area contributed by atoms with Gasteiger partial charge in [-0.15, -0.1) is 0 Å². The van der Waals surface area contributed by atoms with E-state index in [0.717, 1.165) is 17.7 Å². The van der Waals surface area contributed by atoms with E-state index in [-0.39, 0.29) is 5.82 Å². The Bertz CT molecular complexity index is 354. The van der Waals surface area contributed by atoms with Crippen LogP contribution in [0.2, 0.25) is 0 Å². The van der Waals surface area contributed by atoms with Crippen molar-refractivity contribution in [3.63, 3.8) is 0 Å². The van der Waals surface area contributed by atoms with Gasteiger partial charge in [0.2, 0.25) is 0 Å². The number of aryl methyl sites for hydroxylation is 1. The molecule has 15 heavy (non-hydrogen) atoms. The van der Waals surface area contributed by atoms with E-state index in [9.17, 15) is 8.60 Å². The number of halogens is 1. The molecule has 0 spiro atoms. The summed E-state index contributed by atoms with van der Waals surface area (Å²) in [4.78, 5) is 0. The molecule has 0 bridgehead atoms. The van der Waals surface area contributed by atoms with Crippen LogP contribution in [0.3, 0.4) is 0 Å². The average Bonchev–Trinajstić information content (AvgIpc) is 2.14. The molecule has 0 aromatic heterocycles. The second-order valence-electron chi connectivity index (χ2n) is 3.52. The molecule has 0 aliphatic carbocycles. The molecule has 1 N–H and O–H groups in total. The summed E-state index contributed by atoms with van der Waals surface area (Å²) < 4.78 is 23.6. The lowest BCUT2D eigenvalue weighted by Gasteiger charge is -2.07. The van der Waals surface area contributed by atoms with E-state index < -0.39 is 10.8 Å². The first kappa shape index (κ1) is 12.3. The van der Waals surface area contributed by atoms with E-state index in [0.29, 0.717) is 12.3 Å². The van der Waals surface area contributed by atoms with E-state index in [4.69, 9.17) is 0 Å². The molecule has 0 saturated heterocycles. The smallest absolute Gasteiger partial charge is 0.123 e. The molecule has 0 saturated carbocycles. The van der Waals surface area contributed by atoms with Gasteiger partial charge >= 0.3 is 0 Å². The first-order valence-electron chi connectivity index (χ1n) is 4.85. The summed E-state index contributed by atoms with van der Waals surface area (Å²) >= 11 is 0. The minimum atomic E-state index is -0.755. The lowest BCUT2D eigenvalue weighted by molar-refractivity contribution is 0.624. The zero-order valence-corrected chi connectivity index (χ0v) is 9.86. The van der Waals surface area contributed by atoms with Crippen molar-refractivity contribution >= 4 is 10.8 Å². The molecule has 0 amide bonds. The van der Waals surface area contributed by atoms with Crippen LogP contribution in [0.5, 0.6) is 0 Å². The number of benzene rings is 1. The van der Waals surface area contributed by atoms with Crippen molar-refractivity contribution in [1.82, 2.24) is 5.32 Å². The van der Waals surface area contributed by atoms with E-state index >= 15 is 0 Å². The maximum Gasteiger partial charge on any atom is 0.123 e. The molecule has 1 unspecified atom stereocenters. The lowest BCUT2D eigenvalue weighted by Crippen LogP contribution is -2.20. The Labute approximate surface area is 92.3 Å². The zero-order valence-electron chi connectivity index (χ0n) is 9.05. The number of hydrogen-bond acceptors (Lipinski definition) is 2. The second-order valence-corrected chi connectivity index (χ2v) is 5.08. The molecule has 0 radical (unpaired) electrons. The molecule has 0 fully saturated rings. The quantitative estimate of drug-likeness (QED) is 0.777. The molecular formula is C11H16FNOS. The summed E-state index contributed by atoms with van der Waals surface area (Å²) in [6.45, 7) is 3.31. The van der Waals surface area contributed by atoms with Crippen LogP contribution in [0.4, 0.5) is 4.39 Å². The highest BCUT2D eigenvalue weighted by atomic mass is 32.2. The number of hydrogen-bond donors (Lipinski definition) is 1. The maximum absolute atomic E-state index is 12.8. The summed E-state index contributed by atoms with van der Waals surface area (Å²) in [5, 5.41) is 3.18. The molecule has 2 nitrogen and oxygen atoms in total. The van der Waals surface area contributed by atoms with Crippen molar-refractivity contribution < 1.29 is 8.60 Å². The summed E-state index contributed by atoms with van der Waals surface area (Å²) in [6.07, 6.45) is 1.69. The predicted octanol–water partition coefficient (Wildman–Crippen LogP) is 1.60. The van der Waals surface area contributed by atoms with Gasteiger partial charge in [-0.3, -0.25) is 4.21 Å². The van der Waals surface area contributed by atoms with Crippen LogP contribution in [-0.2, 0) is 17.3 Å². The van der Waals surface area contributed by atoms with Gasteiger partial charge in [0, 0.05) is 35.9 Å². The van der Waals surface area contributed by atoms with Crippen molar-refractivity contribution in [3.05, 3.63) is 35.1 Å². The van der Waals surface area contributed by atoms with E-state index in [1.807, 2.05) is 6.92 Å². The van der Waals surface area contributed by atoms with Crippen LogP contribution in [-0.4, -0.2) is 22.8 Å². The summed E-state index contributed by atoms with van der Waals surface area (Å²) in [5.74, 6) is 0.450. The first-order valence-corrected chi connectivity index (χ1v) is 6.58. The van der Waals surface area contributed by atoms with Crippen molar-refractivity contribution in [2.24, 2.45) is 0 Å². The van der Waals surface area contributed by atoms with Crippen molar-refractivity contribution in [3.8, 4) is 0 Å². The second kappa shape index (κ2) is 5.98. The highest BCUT2D eigenvalue weighted by Gasteiger charge is 1.99. The molecule has 84 valence electrons. The van der Waals surface area contributed by atoms with Gasteiger partial charge in [-0.05, 0) is 30.2 Å². The minimum absolute atomic E-state index is 0.203. The third-order valence-corrected chi connectivity index (χ3v) is 2.97. The Balaban J connectivity index is 2.40. The Kier molecular flexibility index (Phi) is 4.91. The third-order valence-electron chi connectivity index (χ3n) is 2.19. The van der Waals surface area contributed by atoms with Crippen molar-refractivity contribution in [1.29, 1.82) is 0 Å². The van der Waals surface area contributed by atoms with Gasteiger partial charge in [-0.1, -0.05) is 6.07 Å². The predicted molar refractivity (Wildman–Crippen MR) is 61.8 cm³/mol. The Morgan fingerprint density at radius 3 is 2.80 bits per heavy atom. The largest absolute Gasteiger partial charge is 0.312 e. The molecular weight excluding hydrogens is 213 g/mol. The van der Waals surface area contributed by atoms with Crippen LogP contribution in [0.15, 0.2) is 18.2 Å². The van der Waals surface area contributed by atoms with Gasteiger partial charge < -0.3 is 5.32 Å². The molecule has 4 heteroatoms. The molecule has 1 aromatic rings. The molecule has 0 aliphatic heterocycles. The average molecular weight is 229 g/mol. The van der Waals surface area contributed by atoms with E-state index in [1.54, 1.807) is 12.3 Å². The van der Waals surface area contributed by atoms with Crippen molar-refractivity contribution in [2.45, 2.75) is 13.5 Å². The van der Waals surface area contributed by atoms with Gasteiger partial charge in [-0.25, -0.2) is 4.39 Å². The lowest BCUT2D eigenvalue weighted by atomic mass is 10.1. The highest BCUT2D eigenvalue weighted by Crippen LogP contribution is 2.09. The fraction of sp³-hybridized carbons (Fsp3) is 0.455. The molecule has 0 aliphatic rings. The van der Waals surface area contributed by atoms with Gasteiger partial charge in [0.1, 0.15) is 5.82 Å². The van der Waals surface area contributed by atoms with Gasteiger partial charge in [-0.2, -0.15) is 0 Å². The fourth-order valence-corrected chi connectivity index (χ4v) is 1.73. The van der Waals surface area contributed by atoms with Crippen molar-refractivity contribution in [2.75, 3.05) is 18.6 Å². The summed E-state index contributed by atoms with van der Waals surface area (Å²) in [7, 11) is -0.755. The SMILES string of the molecule is Cc1cc(F)ccc1CNCCS(C)=O. The van der Waals surface area contributed by atoms with Gasteiger partial charge in [0.15, 0.2) is 0 Å². The van der Waals surface area contributed by atoms with Gasteiger partial charge in [0.25, 0.3) is 0 Å². The molecule has 0 heterocycles. The summed E-state index contributed by atoms with van der Waals surface area (Å²) in [6, 6.07) is 4.76. The Morgan fingerprint density at radius 2 is 2.20 bits per heavy atom. The fourth-order valence-electron chi connectivity index (χ4n) is 1.30. The monoisotopic (exact) mass is 229 g/mol.